The molecule has 3 N–H and O–H groups in total. The van der Waals surface area contributed by atoms with Gasteiger partial charge in [-0.3, -0.25) is 9.59 Å². The lowest BCUT2D eigenvalue weighted by atomic mass is 9.85. The van der Waals surface area contributed by atoms with Gasteiger partial charge in [0, 0.05) is 37.3 Å². The third-order valence-electron chi connectivity index (χ3n) is 7.12. The van der Waals surface area contributed by atoms with Crippen molar-refractivity contribution in [1.29, 1.82) is 0 Å². The number of benzene rings is 2. The van der Waals surface area contributed by atoms with Gasteiger partial charge in [-0.05, 0) is 42.0 Å². The first-order chi connectivity index (χ1) is 17.0. The Balaban J connectivity index is 1.08. The van der Waals surface area contributed by atoms with Gasteiger partial charge in [-0.1, -0.05) is 42.5 Å². The highest BCUT2D eigenvalue weighted by molar-refractivity contribution is 5.95. The summed E-state index contributed by atoms with van der Waals surface area (Å²) in [6.07, 6.45) is 5.66. The molecule has 35 heavy (non-hydrogen) atoms. The molecule has 3 amide bonds. The molecule has 2 aromatic carbocycles. The Morgan fingerprint density at radius 1 is 1.03 bits per heavy atom. The van der Waals surface area contributed by atoms with Crippen molar-refractivity contribution in [2.45, 2.75) is 44.2 Å². The van der Waals surface area contributed by atoms with Crippen LogP contribution in [0.2, 0.25) is 0 Å². The molecule has 1 aliphatic carbocycles. The Hall–Kier alpha value is -3.88. The topological polar surface area (TPSA) is 117 Å². The minimum absolute atomic E-state index is 0.0190. The molecule has 2 fully saturated rings. The number of amides is 3. The Morgan fingerprint density at radius 2 is 1.77 bits per heavy atom. The predicted octanol–water partition coefficient (Wildman–Crippen LogP) is 3.43. The summed E-state index contributed by atoms with van der Waals surface area (Å²) in [6, 6.07) is 14.3. The van der Waals surface area contributed by atoms with E-state index in [0.29, 0.717) is 31.7 Å². The SMILES string of the molecule is O=C(Cc1cccc2ccccc12)Nc1cn(C2CC(NC(=O)C3CCN(C(=O)O)CC3)C2)cn1. The zero-order chi connectivity index (χ0) is 24.4. The van der Waals surface area contributed by atoms with Gasteiger partial charge < -0.3 is 25.2 Å². The highest BCUT2D eigenvalue weighted by Crippen LogP contribution is 2.33. The maximum absolute atomic E-state index is 12.6. The molecule has 0 spiro atoms. The standard InChI is InChI=1S/C26H29N5O4/c32-24(12-19-6-3-5-17-4-1-2-7-22(17)19)29-23-15-31(16-27-23)21-13-20(14-21)28-25(33)18-8-10-30(11-9-18)26(34)35/h1-7,15-16,18,20-21H,8-14H2,(H,28,33)(H,29,32)(H,34,35). The van der Waals surface area contributed by atoms with Crippen molar-refractivity contribution in [3.8, 4) is 0 Å². The summed E-state index contributed by atoms with van der Waals surface area (Å²) in [5.41, 5.74) is 0.978. The van der Waals surface area contributed by atoms with Crippen molar-refractivity contribution in [2.24, 2.45) is 5.92 Å². The molecule has 0 unspecified atom stereocenters. The molecule has 1 aromatic heterocycles. The Morgan fingerprint density at radius 3 is 2.54 bits per heavy atom. The number of carboxylic acid groups (broad SMARTS) is 1. The normalized spacial score (nSPS) is 20.3. The van der Waals surface area contributed by atoms with Gasteiger partial charge >= 0.3 is 6.09 Å². The van der Waals surface area contributed by atoms with Crippen molar-refractivity contribution >= 4 is 34.5 Å². The third kappa shape index (κ3) is 5.13. The van der Waals surface area contributed by atoms with Crippen LogP contribution in [0.3, 0.4) is 0 Å². The molecule has 1 saturated heterocycles. The number of anilines is 1. The predicted molar refractivity (Wildman–Crippen MR) is 131 cm³/mol. The first-order valence-electron chi connectivity index (χ1n) is 12.0. The third-order valence-corrected chi connectivity index (χ3v) is 7.12. The van der Waals surface area contributed by atoms with E-state index in [0.717, 1.165) is 29.2 Å². The van der Waals surface area contributed by atoms with Gasteiger partial charge in [-0.15, -0.1) is 0 Å². The Labute approximate surface area is 203 Å². The molecule has 5 rings (SSSR count). The molecule has 0 bridgehead atoms. The molecule has 0 atom stereocenters. The van der Waals surface area contributed by atoms with E-state index in [1.165, 1.54) is 4.90 Å². The Kier molecular flexibility index (Phi) is 6.39. The maximum atomic E-state index is 12.6. The molecule has 9 nitrogen and oxygen atoms in total. The number of rotatable bonds is 6. The first-order valence-corrected chi connectivity index (χ1v) is 12.0. The molecule has 9 heteroatoms. The van der Waals surface area contributed by atoms with Gasteiger partial charge in [0.1, 0.15) is 0 Å². The summed E-state index contributed by atoms with van der Waals surface area (Å²) in [7, 11) is 0. The van der Waals surface area contributed by atoms with Crippen molar-refractivity contribution in [1.82, 2.24) is 19.8 Å². The van der Waals surface area contributed by atoms with Crippen LogP contribution in [0.25, 0.3) is 10.8 Å². The average molecular weight is 476 g/mol. The first kappa shape index (κ1) is 22.9. The number of nitrogens with zero attached hydrogens (tertiary/aromatic N) is 3. The number of hydrogen-bond acceptors (Lipinski definition) is 4. The summed E-state index contributed by atoms with van der Waals surface area (Å²) < 4.78 is 1.99. The highest BCUT2D eigenvalue weighted by atomic mass is 16.4. The van der Waals surface area contributed by atoms with E-state index < -0.39 is 6.09 Å². The van der Waals surface area contributed by atoms with Gasteiger partial charge in [-0.2, -0.15) is 0 Å². The molecule has 3 aromatic rings. The van der Waals surface area contributed by atoms with Crippen molar-refractivity contribution in [3.05, 3.63) is 60.6 Å². The summed E-state index contributed by atoms with van der Waals surface area (Å²) in [5.74, 6) is 0.305. The van der Waals surface area contributed by atoms with Crippen LogP contribution >= 0.6 is 0 Å². The monoisotopic (exact) mass is 475 g/mol. The number of hydrogen-bond donors (Lipinski definition) is 3. The number of fused-ring (bicyclic) bond motifs is 1. The number of carbonyl (C=O) groups excluding carboxylic acids is 2. The second kappa shape index (κ2) is 9.77. The lowest BCUT2D eigenvalue weighted by Crippen LogP contribution is -2.49. The average Bonchev–Trinajstić information content (AvgIpc) is 3.28. The van der Waals surface area contributed by atoms with E-state index in [2.05, 4.69) is 15.6 Å². The summed E-state index contributed by atoms with van der Waals surface area (Å²) in [6.45, 7) is 0.815. The van der Waals surface area contributed by atoms with Gasteiger partial charge in [0.25, 0.3) is 0 Å². The van der Waals surface area contributed by atoms with E-state index in [1.807, 2.05) is 53.2 Å². The number of imidazole rings is 1. The second-order valence-electron chi connectivity index (χ2n) is 9.44. The maximum Gasteiger partial charge on any atom is 0.407 e. The number of aromatic nitrogens is 2. The fourth-order valence-electron chi connectivity index (χ4n) is 5.01. The zero-order valence-electron chi connectivity index (χ0n) is 19.4. The number of nitrogens with one attached hydrogen (secondary N) is 2. The van der Waals surface area contributed by atoms with E-state index in [4.69, 9.17) is 5.11 Å². The molecule has 2 aliphatic rings. The van der Waals surface area contributed by atoms with Crippen molar-refractivity contribution in [3.63, 3.8) is 0 Å². The van der Waals surface area contributed by atoms with Crippen molar-refractivity contribution < 1.29 is 19.5 Å². The van der Waals surface area contributed by atoms with E-state index in [1.54, 1.807) is 6.33 Å². The van der Waals surface area contributed by atoms with Gasteiger partial charge in [0.2, 0.25) is 11.8 Å². The van der Waals surface area contributed by atoms with Crippen LogP contribution in [0.15, 0.2) is 55.0 Å². The van der Waals surface area contributed by atoms with E-state index in [9.17, 15) is 14.4 Å². The van der Waals surface area contributed by atoms with Gasteiger partial charge in [0.05, 0.1) is 12.7 Å². The largest absolute Gasteiger partial charge is 0.465 e. The molecule has 1 saturated carbocycles. The van der Waals surface area contributed by atoms with Crippen LogP contribution < -0.4 is 10.6 Å². The van der Waals surface area contributed by atoms with Crippen LogP contribution in [0.4, 0.5) is 10.6 Å². The van der Waals surface area contributed by atoms with Crippen molar-refractivity contribution in [2.75, 3.05) is 18.4 Å². The van der Waals surface area contributed by atoms with Crippen LogP contribution in [0, 0.1) is 5.92 Å². The fourth-order valence-corrected chi connectivity index (χ4v) is 5.01. The van der Waals surface area contributed by atoms with Crippen LogP contribution in [-0.4, -0.2) is 56.6 Å². The minimum Gasteiger partial charge on any atom is -0.465 e. The Bertz CT molecular complexity index is 1240. The van der Waals surface area contributed by atoms with Crippen LogP contribution in [0.5, 0.6) is 0 Å². The molecule has 2 heterocycles. The molecular weight excluding hydrogens is 446 g/mol. The quantitative estimate of drug-likeness (QED) is 0.505. The number of carbonyl (C=O) groups is 3. The van der Waals surface area contributed by atoms with Crippen LogP contribution in [0.1, 0.15) is 37.3 Å². The summed E-state index contributed by atoms with van der Waals surface area (Å²) in [5, 5.41) is 17.2. The lowest BCUT2D eigenvalue weighted by Gasteiger charge is -2.38. The van der Waals surface area contributed by atoms with E-state index >= 15 is 0 Å². The fraction of sp³-hybridized carbons (Fsp3) is 0.385. The second-order valence-corrected chi connectivity index (χ2v) is 9.44. The van der Waals surface area contributed by atoms with Gasteiger partial charge in [0.15, 0.2) is 5.82 Å². The molecule has 0 radical (unpaired) electrons. The molecule has 182 valence electrons. The minimum atomic E-state index is -0.921. The summed E-state index contributed by atoms with van der Waals surface area (Å²) in [4.78, 5) is 41.9. The number of likely N-dealkylation sites (tertiary alicyclic amines) is 1. The molecular formula is C26H29N5O4. The zero-order valence-corrected chi connectivity index (χ0v) is 19.4. The lowest BCUT2D eigenvalue weighted by molar-refractivity contribution is -0.128. The van der Waals surface area contributed by atoms with Gasteiger partial charge in [-0.25, -0.2) is 9.78 Å². The molecule has 1 aliphatic heterocycles. The number of piperidine rings is 1. The smallest absolute Gasteiger partial charge is 0.407 e. The van der Waals surface area contributed by atoms with E-state index in [-0.39, 0.29) is 36.2 Å². The van der Waals surface area contributed by atoms with Crippen LogP contribution in [-0.2, 0) is 16.0 Å². The highest BCUT2D eigenvalue weighted by Gasteiger charge is 2.34. The summed E-state index contributed by atoms with van der Waals surface area (Å²) >= 11 is 0.